The highest BCUT2D eigenvalue weighted by Gasteiger charge is 2.09. The molecule has 0 saturated carbocycles. The topological polar surface area (TPSA) is 27.7 Å². The summed E-state index contributed by atoms with van der Waals surface area (Å²) in [5.41, 5.74) is 2.57. The molecule has 0 radical (unpaired) electrons. The minimum Gasteiger partial charge on any atom is -0.379 e. The van der Waals surface area contributed by atoms with Gasteiger partial charge < -0.3 is 15.0 Å². The molecule has 1 saturated heterocycles. The van der Waals surface area contributed by atoms with Crippen molar-refractivity contribution in [2.24, 2.45) is 0 Å². The molecule has 4 nitrogen and oxygen atoms in total. The van der Waals surface area contributed by atoms with E-state index in [-0.39, 0.29) is 0 Å². The third-order valence-corrected chi connectivity index (χ3v) is 4.37. The van der Waals surface area contributed by atoms with Crippen molar-refractivity contribution < 1.29 is 4.74 Å². The van der Waals surface area contributed by atoms with E-state index in [0.717, 1.165) is 57.5 Å². The van der Waals surface area contributed by atoms with Gasteiger partial charge in [-0.15, -0.1) is 0 Å². The van der Waals surface area contributed by atoms with Crippen LogP contribution >= 0.6 is 12.2 Å². The van der Waals surface area contributed by atoms with Gasteiger partial charge in [-0.2, -0.15) is 0 Å². The van der Waals surface area contributed by atoms with Crippen LogP contribution < -0.4 is 5.32 Å². The largest absolute Gasteiger partial charge is 0.379 e. The number of morpholine rings is 1. The first kappa shape index (κ1) is 17.2. The van der Waals surface area contributed by atoms with E-state index in [2.05, 4.69) is 46.3 Å². The van der Waals surface area contributed by atoms with Crippen LogP contribution in [0.2, 0.25) is 0 Å². The lowest BCUT2D eigenvalue weighted by Crippen LogP contribution is -2.40. The minimum atomic E-state index is 0.822. The van der Waals surface area contributed by atoms with Crippen molar-refractivity contribution in [1.29, 1.82) is 0 Å². The van der Waals surface area contributed by atoms with Crippen molar-refractivity contribution in [2.75, 3.05) is 46.4 Å². The molecule has 1 aliphatic rings. The number of hydrogen-bond acceptors (Lipinski definition) is 3. The first-order valence-electron chi connectivity index (χ1n) is 8.00. The van der Waals surface area contributed by atoms with Crippen LogP contribution in [0, 0.1) is 6.92 Å². The first-order valence-corrected chi connectivity index (χ1v) is 8.40. The van der Waals surface area contributed by atoms with E-state index in [1.165, 1.54) is 11.1 Å². The van der Waals surface area contributed by atoms with E-state index in [4.69, 9.17) is 17.0 Å². The molecule has 1 fully saturated rings. The second kappa shape index (κ2) is 9.08. The molecule has 0 amide bonds. The van der Waals surface area contributed by atoms with E-state index in [9.17, 15) is 0 Å². The summed E-state index contributed by atoms with van der Waals surface area (Å²) in [5, 5.41) is 4.17. The Morgan fingerprint density at radius 1 is 1.27 bits per heavy atom. The Hall–Kier alpha value is -1.17. The van der Waals surface area contributed by atoms with E-state index in [1.54, 1.807) is 0 Å². The quantitative estimate of drug-likeness (QED) is 0.639. The Labute approximate surface area is 139 Å². The summed E-state index contributed by atoms with van der Waals surface area (Å²) >= 11 is 5.45. The highest BCUT2D eigenvalue weighted by Crippen LogP contribution is 2.06. The van der Waals surface area contributed by atoms with Gasteiger partial charge in [-0.1, -0.05) is 29.8 Å². The number of ether oxygens (including phenoxy) is 1. The third-order valence-electron chi connectivity index (χ3n) is 3.92. The summed E-state index contributed by atoms with van der Waals surface area (Å²) < 4.78 is 5.35. The Balaban J connectivity index is 1.62. The minimum absolute atomic E-state index is 0.822. The smallest absolute Gasteiger partial charge is 0.168 e. The van der Waals surface area contributed by atoms with Crippen molar-refractivity contribution in [1.82, 2.24) is 15.1 Å². The van der Waals surface area contributed by atoms with E-state index in [0.29, 0.717) is 0 Å². The van der Waals surface area contributed by atoms with Gasteiger partial charge in [0.2, 0.25) is 0 Å². The lowest BCUT2D eigenvalue weighted by molar-refractivity contribution is 0.0376. The van der Waals surface area contributed by atoms with E-state index >= 15 is 0 Å². The van der Waals surface area contributed by atoms with Gasteiger partial charge in [0.05, 0.1) is 13.2 Å². The molecular formula is C17H27N3OS. The van der Waals surface area contributed by atoms with Crippen LogP contribution in [0.25, 0.3) is 0 Å². The highest BCUT2D eigenvalue weighted by molar-refractivity contribution is 7.80. The average Bonchev–Trinajstić information content (AvgIpc) is 2.54. The number of thiocarbonyl (C=S) groups is 1. The SMILES string of the molecule is Cc1ccc(CN(C)C(=S)NCCCN2CCOCC2)cc1. The van der Waals surface area contributed by atoms with Crippen LogP contribution in [0.4, 0.5) is 0 Å². The van der Waals surface area contributed by atoms with Gasteiger partial charge in [0.1, 0.15) is 0 Å². The normalized spacial score (nSPS) is 15.5. The fraction of sp³-hybridized carbons (Fsp3) is 0.588. The summed E-state index contributed by atoms with van der Waals surface area (Å²) in [6, 6.07) is 8.60. The maximum Gasteiger partial charge on any atom is 0.168 e. The van der Waals surface area contributed by atoms with Crippen LogP contribution in [0.5, 0.6) is 0 Å². The second-order valence-corrected chi connectivity index (χ2v) is 6.27. The van der Waals surface area contributed by atoms with Crippen LogP contribution in [0.15, 0.2) is 24.3 Å². The van der Waals surface area contributed by atoms with Gasteiger partial charge in [0, 0.05) is 33.2 Å². The number of nitrogens with one attached hydrogen (secondary N) is 1. The molecule has 22 heavy (non-hydrogen) atoms. The molecule has 1 aromatic carbocycles. The fourth-order valence-electron chi connectivity index (χ4n) is 2.50. The molecule has 0 bridgehead atoms. The zero-order chi connectivity index (χ0) is 15.8. The summed E-state index contributed by atoms with van der Waals surface area (Å²) in [4.78, 5) is 4.54. The molecule has 0 aromatic heterocycles. The third kappa shape index (κ3) is 5.91. The van der Waals surface area contributed by atoms with Crippen molar-refractivity contribution in [2.45, 2.75) is 19.9 Å². The summed E-state index contributed by atoms with van der Waals surface area (Å²) in [5.74, 6) is 0. The monoisotopic (exact) mass is 321 g/mol. The van der Waals surface area contributed by atoms with E-state index < -0.39 is 0 Å². The maximum absolute atomic E-state index is 5.45. The number of hydrogen-bond donors (Lipinski definition) is 1. The molecule has 1 aliphatic heterocycles. The number of benzene rings is 1. The number of aryl methyl sites for hydroxylation is 1. The zero-order valence-electron chi connectivity index (χ0n) is 13.7. The Bertz CT molecular complexity index is 457. The fourth-order valence-corrected chi connectivity index (χ4v) is 2.66. The first-order chi connectivity index (χ1) is 10.6. The van der Waals surface area contributed by atoms with Gasteiger partial charge in [-0.25, -0.2) is 0 Å². The van der Waals surface area contributed by atoms with Crippen molar-refractivity contribution >= 4 is 17.3 Å². The molecule has 1 heterocycles. The van der Waals surface area contributed by atoms with Gasteiger partial charge in [0.25, 0.3) is 0 Å². The molecule has 0 unspecified atom stereocenters. The molecule has 0 spiro atoms. The standard InChI is InChI=1S/C17H27N3OS/c1-15-4-6-16(7-5-15)14-19(2)17(22)18-8-3-9-20-10-12-21-13-11-20/h4-7H,3,8-14H2,1-2H3,(H,18,22). The predicted octanol–water partition coefficient (Wildman–Crippen LogP) is 2.02. The average molecular weight is 321 g/mol. The molecule has 122 valence electrons. The van der Waals surface area contributed by atoms with Crippen molar-refractivity contribution in [3.63, 3.8) is 0 Å². The van der Waals surface area contributed by atoms with Gasteiger partial charge in [-0.05, 0) is 37.7 Å². The highest BCUT2D eigenvalue weighted by atomic mass is 32.1. The predicted molar refractivity (Wildman–Crippen MR) is 95.1 cm³/mol. The van der Waals surface area contributed by atoms with Crippen LogP contribution in [-0.2, 0) is 11.3 Å². The van der Waals surface area contributed by atoms with Crippen LogP contribution in [0.1, 0.15) is 17.5 Å². The van der Waals surface area contributed by atoms with Crippen LogP contribution in [-0.4, -0.2) is 61.4 Å². The van der Waals surface area contributed by atoms with Gasteiger partial charge >= 0.3 is 0 Å². The van der Waals surface area contributed by atoms with Gasteiger partial charge in [-0.3, -0.25) is 4.90 Å². The molecule has 2 rings (SSSR count). The molecule has 0 aliphatic carbocycles. The Kier molecular flexibility index (Phi) is 7.09. The molecule has 5 heteroatoms. The molecule has 1 N–H and O–H groups in total. The number of nitrogens with zero attached hydrogens (tertiary/aromatic N) is 2. The number of rotatable bonds is 6. The molecular weight excluding hydrogens is 294 g/mol. The van der Waals surface area contributed by atoms with Gasteiger partial charge in [0.15, 0.2) is 5.11 Å². The zero-order valence-corrected chi connectivity index (χ0v) is 14.5. The summed E-state index contributed by atoms with van der Waals surface area (Å²) in [7, 11) is 2.04. The second-order valence-electron chi connectivity index (χ2n) is 5.88. The molecule has 1 aromatic rings. The maximum atomic E-state index is 5.45. The Morgan fingerprint density at radius 3 is 2.64 bits per heavy atom. The lowest BCUT2D eigenvalue weighted by atomic mass is 10.1. The summed E-state index contributed by atoms with van der Waals surface area (Å²) in [6.45, 7) is 8.82. The lowest BCUT2D eigenvalue weighted by Gasteiger charge is -2.27. The summed E-state index contributed by atoms with van der Waals surface area (Å²) in [6.07, 6.45) is 1.11. The van der Waals surface area contributed by atoms with Crippen LogP contribution in [0.3, 0.4) is 0 Å². The van der Waals surface area contributed by atoms with Crippen molar-refractivity contribution in [3.8, 4) is 0 Å². The Morgan fingerprint density at radius 2 is 1.95 bits per heavy atom. The van der Waals surface area contributed by atoms with Crippen molar-refractivity contribution in [3.05, 3.63) is 35.4 Å². The molecule has 0 atom stereocenters. The van der Waals surface area contributed by atoms with E-state index in [1.807, 2.05) is 7.05 Å².